The van der Waals surface area contributed by atoms with Crippen LogP contribution in [0.5, 0.6) is 5.75 Å². The van der Waals surface area contributed by atoms with E-state index in [9.17, 15) is 10.1 Å². The number of piperidine rings is 1. The molecule has 0 unspecified atom stereocenters. The first-order chi connectivity index (χ1) is 10.2. The van der Waals surface area contributed by atoms with Crippen molar-refractivity contribution in [2.24, 2.45) is 11.8 Å². The molecule has 6 nitrogen and oxygen atoms in total. The highest BCUT2D eigenvalue weighted by Crippen LogP contribution is 2.31. The molecule has 0 radical (unpaired) electrons. The van der Waals surface area contributed by atoms with Gasteiger partial charge in [0.05, 0.1) is 11.5 Å². The van der Waals surface area contributed by atoms with E-state index in [0.717, 1.165) is 18.3 Å². The molecule has 1 saturated heterocycles. The molecule has 2 N–H and O–H groups in total. The van der Waals surface area contributed by atoms with E-state index in [1.165, 1.54) is 57.5 Å². The predicted octanol–water partition coefficient (Wildman–Crippen LogP) is 2.27. The fraction of sp³-hybridized carbons (Fsp3) is 0.625. The Morgan fingerprint density at radius 1 is 1.09 bits per heavy atom. The molecule has 1 aromatic rings. The van der Waals surface area contributed by atoms with E-state index in [1.54, 1.807) is 12.1 Å². The van der Waals surface area contributed by atoms with Crippen LogP contribution in [0.3, 0.4) is 0 Å². The van der Waals surface area contributed by atoms with E-state index >= 15 is 0 Å². The molecule has 22 heavy (non-hydrogen) atoms. The monoisotopic (exact) mass is 308 g/mol. The molecule has 1 aromatic carbocycles. The number of ether oxygens (including phenoxy) is 1. The normalized spacial score (nSPS) is 19.5. The predicted molar refractivity (Wildman–Crippen MR) is 84.1 cm³/mol. The maximum Gasteiger partial charge on any atom is 0.269 e. The van der Waals surface area contributed by atoms with Crippen molar-refractivity contribution < 1.29 is 15.1 Å². The van der Waals surface area contributed by atoms with E-state index in [-0.39, 0.29) is 16.1 Å². The van der Waals surface area contributed by atoms with Crippen LogP contribution >= 0.6 is 0 Å². The van der Waals surface area contributed by atoms with Gasteiger partial charge in [0.25, 0.3) is 5.69 Å². The van der Waals surface area contributed by atoms with Crippen LogP contribution in [0, 0.1) is 22.0 Å². The highest BCUT2D eigenvalue weighted by Gasteiger charge is 2.27. The van der Waals surface area contributed by atoms with Gasteiger partial charge in [-0.2, -0.15) is 0 Å². The molecule has 0 atom stereocenters. The Labute approximate surface area is 130 Å². The number of non-ortho nitro benzene ring substituents is 1. The van der Waals surface area contributed by atoms with Gasteiger partial charge in [-0.1, -0.05) is 0 Å². The van der Waals surface area contributed by atoms with Gasteiger partial charge in [-0.15, -0.1) is 0 Å². The molecule has 1 saturated carbocycles. The summed E-state index contributed by atoms with van der Waals surface area (Å²) in [6.45, 7) is 4.38. The standard InChI is InChI=1S/C16H22N2O3.H2O/c19-18(20)15-3-5-16(6-4-15)21-12-14-7-9-17(10-8-14)11-13-1-2-13;/h3-6,13-14H,1-2,7-12H2;1H2. The Hall–Kier alpha value is -1.66. The van der Waals surface area contributed by atoms with Crippen LogP contribution in [0.25, 0.3) is 0 Å². The number of rotatable bonds is 6. The van der Waals surface area contributed by atoms with E-state index in [0.29, 0.717) is 5.92 Å². The van der Waals surface area contributed by atoms with Gasteiger partial charge in [-0.3, -0.25) is 10.1 Å². The van der Waals surface area contributed by atoms with Crippen LogP contribution < -0.4 is 4.74 Å². The maximum atomic E-state index is 10.6. The topological polar surface area (TPSA) is 87.1 Å². The van der Waals surface area contributed by atoms with Crippen LogP contribution in [0.2, 0.25) is 0 Å². The molecule has 2 fully saturated rings. The zero-order valence-electron chi connectivity index (χ0n) is 12.7. The average Bonchev–Trinajstić information content (AvgIpc) is 3.31. The molecule has 0 amide bonds. The Morgan fingerprint density at radius 2 is 1.73 bits per heavy atom. The lowest BCUT2D eigenvalue weighted by Gasteiger charge is -2.31. The Morgan fingerprint density at radius 3 is 2.27 bits per heavy atom. The quantitative estimate of drug-likeness (QED) is 0.596. The first-order valence-corrected chi connectivity index (χ1v) is 7.80. The minimum atomic E-state index is -0.390. The number of nitrogens with zero attached hydrogens (tertiary/aromatic N) is 2. The van der Waals surface area contributed by atoms with Crippen molar-refractivity contribution in [3.63, 3.8) is 0 Å². The lowest BCUT2D eigenvalue weighted by atomic mass is 9.97. The molecule has 0 spiro atoms. The molecular weight excluding hydrogens is 284 g/mol. The van der Waals surface area contributed by atoms with Gasteiger partial charge in [0.1, 0.15) is 5.75 Å². The first-order valence-electron chi connectivity index (χ1n) is 7.80. The molecule has 6 heteroatoms. The van der Waals surface area contributed by atoms with Crippen molar-refractivity contribution in [3.8, 4) is 5.75 Å². The fourth-order valence-electron chi connectivity index (χ4n) is 2.88. The minimum absolute atomic E-state index is 0. The van der Waals surface area contributed by atoms with E-state index in [4.69, 9.17) is 4.74 Å². The van der Waals surface area contributed by atoms with Crippen molar-refractivity contribution in [2.45, 2.75) is 25.7 Å². The third-order valence-electron chi connectivity index (χ3n) is 4.45. The van der Waals surface area contributed by atoms with Crippen LogP contribution in [0.4, 0.5) is 5.69 Å². The molecule has 0 aromatic heterocycles. The molecule has 0 bridgehead atoms. The van der Waals surface area contributed by atoms with Crippen LogP contribution in [-0.4, -0.2) is 41.5 Å². The molecule has 3 rings (SSSR count). The summed E-state index contributed by atoms with van der Waals surface area (Å²) in [7, 11) is 0. The zero-order chi connectivity index (χ0) is 14.7. The second kappa shape index (κ2) is 7.56. The summed E-state index contributed by atoms with van der Waals surface area (Å²) in [6.07, 6.45) is 5.23. The zero-order valence-corrected chi connectivity index (χ0v) is 12.7. The van der Waals surface area contributed by atoms with Crippen LogP contribution in [-0.2, 0) is 0 Å². The Kier molecular flexibility index (Phi) is 5.74. The molecule has 122 valence electrons. The van der Waals surface area contributed by atoms with E-state index in [2.05, 4.69) is 4.90 Å². The summed E-state index contributed by atoms with van der Waals surface area (Å²) in [5.74, 6) is 2.30. The third kappa shape index (κ3) is 4.68. The van der Waals surface area contributed by atoms with E-state index in [1.807, 2.05) is 0 Å². The fourth-order valence-corrected chi connectivity index (χ4v) is 2.88. The Balaban J connectivity index is 0.00000176. The highest BCUT2D eigenvalue weighted by atomic mass is 16.6. The highest BCUT2D eigenvalue weighted by molar-refractivity contribution is 5.35. The lowest BCUT2D eigenvalue weighted by molar-refractivity contribution is -0.384. The number of benzene rings is 1. The number of hydrogen-bond donors (Lipinski definition) is 0. The second-order valence-electron chi connectivity index (χ2n) is 6.25. The van der Waals surface area contributed by atoms with Gasteiger partial charge < -0.3 is 15.1 Å². The SMILES string of the molecule is O.O=[N+]([O-])c1ccc(OCC2CCN(CC3CC3)CC2)cc1. The number of likely N-dealkylation sites (tertiary alicyclic amines) is 1. The molecule has 1 aliphatic heterocycles. The largest absolute Gasteiger partial charge is 0.493 e. The summed E-state index contributed by atoms with van der Waals surface area (Å²) >= 11 is 0. The van der Waals surface area contributed by atoms with Gasteiger partial charge in [0.15, 0.2) is 0 Å². The van der Waals surface area contributed by atoms with Gasteiger partial charge >= 0.3 is 0 Å². The molecule has 2 aliphatic rings. The summed E-state index contributed by atoms with van der Waals surface area (Å²) < 4.78 is 5.77. The van der Waals surface area contributed by atoms with Gasteiger partial charge in [-0.05, 0) is 62.7 Å². The van der Waals surface area contributed by atoms with Crippen molar-refractivity contribution in [1.82, 2.24) is 4.90 Å². The van der Waals surface area contributed by atoms with Crippen molar-refractivity contribution in [1.29, 1.82) is 0 Å². The summed E-state index contributed by atoms with van der Waals surface area (Å²) in [5, 5.41) is 10.6. The lowest BCUT2D eigenvalue weighted by Crippen LogP contribution is -2.36. The minimum Gasteiger partial charge on any atom is -0.493 e. The van der Waals surface area contributed by atoms with Crippen LogP contribution in [0.1, 0.15) is 25.7 Å². The van der Waals surface area contributed by atoms with Crippen molar-refractivity contribution >= 4 is 5.69 Å². The van der Waals surface area contributed by atoms with Gasteiger partial charge in [0.2, 0.25) is 0 Å². The molecule has 1 heterocycles. The number of nitro benzene ring substituents is 1. The smallest absolute Gasteiger partial charge is 0.269 e. The van der Waals surface area contributed by atoms with E-state index < -0.39 is 0 Å². The summed E-state index contributed by atoms with van der Waals surface area (Å²) in [5.41, 5.74) is 0.107. The first kappa shape index (κ1) is 16.7. The average molecular weight is 308 g/mol. The van der Waals surface area contributed by atoms with Crippen molar-refractivity contribution in [2.75, 3.05) is 26.2 Å². The molecule has 1 aliphatic carbocycles. The van der Waals surface area contributed by atoms with Crippen molar-refractivity contribution in [3.05, 3.63) is 34.4 Å². The van der Waals surface area contributed by atoms with Crippen LogP contribution in [0.15, 0.2) is 24.3 Å². The number of hydrogen-bond acceptors (Lipinski definition) is 4. The molecular formula is C16H24N2O4. The van der Waals surface area contributed by atoms with Gasteiger partial charge in [-0.25, -0.2) is 0 Å². The third-order valence-corrected chi connectivity index (χ3v) is 4.45. The summed E-state index contributed by atoms with van der Waals surface area (Å²) in [4.78, 5) is 12.8. The Bertz CT molecular complexity index is 479. The maximum absolute atomic E-state index is 10.6. The second-order valence-corrected chi connectivity index (χ2v) is 6.25. The van der Waals surface area contributed by atoms with Gasteiger partial charge in [0, 0.05) is 18.7 Å². The summed E-state index contributed by atoms with van der Waals surface area (Å²) in [6, 6.07) is 6.35. The number of nitro groups is 1.